The van der Waals surface area contributed by atoms with Gasteiger partial charge in [-0.2, -0.15) is 23.4 Å². The highest BCUT2D eigenvalue weighted by atomic mass is 35.5. The number of imidazole rings is 2. The number of fused-ring (bicyclic) bond motifs is 1. The van der Waals surface area contributed by atoms with Crippen molar-refractivity contribution in [1.29, 1.82) is 0 Å². The lowest BCUT2D eigenvalue weighted by atomic mass is 9.96. The summed E-state index contributed by atoms with van der Waals surface area (Å²) in [4.78, 5) is 27.6. The first-order valence-electron chi connectivity index (χ1n) is 12.2. The van der Waals surface area contributed by atoms with E-state index in [1.165, 1.54) is 29.1 Å². The fourth-order valence-electron chi connectivity index (χ4n) is 4.77. The van der Waals surface area contributed by atoms with Gasteiger partial charge >= 0.3 is 11.0 Å². The molecule has 0 saturated carbocycles. The van der Waals surface area contributed by atoms with E-state index in [0.29, 0.717) is 33.4 Å². The van der Waals surface area contributed by atoms with Crippen LogP contribution in [-0.4, -0.2) is 35.8 Å². The number of halogens is 4. The Morgan fingerprint density at radius 2 is 1.90 bits per heavy atom. The van der Waals surface area contributed by atoms with Gasteiger partial charge in [0.15, 0.2) is 0 Å². The predicted octanol–water partition coefficient (Wildman–Crippen LogP) is 3.97. The second-order valence-electron chi connectivity index (χ2n) is 9.19. The van der Waals surface area contributed by atoms with Crippen molar-refractivity contribution in [3.63, 3.8) is 0 Å². The van der Waals surface area contributed by atoms with Crippen LogP contribution in [0.2, 0.25) is 5.02 Å². The van der Waals surface area contributed by atoms with Crippen molar-refractivity contribution in [2.45, 2.75) is 25.1 Å². The molecule has 1 atom stereocenters. The number of aromatic hydroxyl groups is 1. The van der Waals surface area contributed by atoms with Crippen LogP contribution >= 0.6 is 22.9 Å². The number of H-pyrrole nitrogens is 2. The minimum Gasteiger partial charge on any atom is -0.493 e. The third-order valence-electron chi connectivity index (χ3n) is 6.66. The molecular weight excluding hydrogens is 579 g/mol. The number of benzene rings is 2. The lowest BCUT2D eigenvalue weighted by Gasteiger charge is -2.17. The van der Waals surface area contributed by atoms with Crippen LogP contribution in [0.15, 0.2) is 76.2 Å². The van der Waals surface area contributed by atoms with Crippen molar-refractivity contribution >= 4 is 34.7 Å². The number of aromatic amines is 2. The third-order valence-corrected chi connectivity index (χ3v) is 7.90. The lowest BCUT2D eigenvalue weighted by Crippen LogP contribution is -2.23. The molecule has 0 saturated heterocycles. The monoisotopic (exact) mass is 597 g/mol. The number of hydrogen-bond acceptors (Lipinski definition) is 7. The number of aromatic nitrogens is 5. The summed E-state index contributed by atoms with van der Waals surface area (Å²) >= 11 is 6.65. The number of rotatable bonds is 7. The third kappa shape index (κ3) is 5.21. The predicted molar refractivity (Wildman–Crippen MR) is 147 cm³/mol. The van der Waals surface area contributed by atoms with Crippen LogP contribution in [0.4, 0.5) is 13.2 Å². The standard InChI is InChI=1S/C27H19ClF3N7O2S/c28-17-3-1-15(19(11-17)27(29,30)31)10-18(14-2-4-20-16(9-14)13-36-37-20)23-25(39)38(26(40)41-23)21(24-34-7-8-35-24)12-22-32-5-6-33-22/h1-9,11,13,21,39H,10,12H2,(H,32,33)(H,34,35). The first kappa shape index (κ1) is 26.7. The van der Waals surface area contributed by atoms with Crippen molar-refractivity contribution < 1.29 is 18.3 Å². The zero-order chi connectivity index (χ0) is 28.7. The van der Waals surface area contributed by atoms with E-state index < -0.39 is 28.5 Å². The van der Waals surface area contributed by atoms with Gasteiger partial charge in [0.1, 0.15) is 17.7 Å². The topological polar surface area (TPSA) is 124 Å². The molecule has 41 heavy (non-hydrogen) atoms. The summed E-state index contributed by atoms with van der Waals surface area (Å²) < 4.78 is 43.3. The molecule has 2 aromatic carbocycles. The molecule has 9 nitrogen and oxygen atoms in total. The van der Waals surface area contributed by atoms with Crippen LogP contribution in [0.3, 0.4) is 0 Å². The normalized spacial score (nSPS) is 14.1. The van der Waals surface area contributed by atoms with Gasteiger partial charge < -0.3 is 15.1 Å². The number of nitrogens with one attached hydrogen (secondary N) is 2. The van der Waals surface area contributed by atoms with Gasteiger partial charge in [-0.3, -0.25) is 9.36 Å². The maximum absolute atomic E-state index is 14.0. The van der Waals surface area contributed by atoms with Crippen LogP contribution in [-0.2, 0) is 19.0 Å². The second kappa shape index (κ2) is 10.5. The summed E-state index contributed by atoms with van der Waals surface area (Å²) in [6.45, 7) is 0. The minimum absolute atomic E-state index is 0.0594. The minimum atomic E-state index is -4.68. The Balaban J connectivity index is 1.56. The van der Waals surface area contributed by atoms with E-state index in [1.807, 2.05) is 0 Å². The fourth-order valence-corrected chi connectivity index (χ4v) is 5.93. The number of thiazole rings is 1. The summed E-state index contributed by atoms with van der Waals surface area (Å²) in [6, 6.07) is 7.85. The van der Waals surface area contributed by atoms with E-state index in [9.17, 15) is 23.1 Å². The smallest absolute Gasteiger partial charge is 0.416 e. The van der Waals surface area contributed by atoms with E-state index in [4.69, 9.17) is 11.6 Å². The molecular formula is C27H19ClF3N7O2S. The highest BCUT2D eigenvalue weighted by Gasteiger charge is 2.34. The Hall–Kier alpha value is -4.49. The first-order chi connectivity index (χ1) is 19.7. The molecule has 14 heteroatoms. The Morgan fingerprint density at radius 1 is 1.10 bits per heavy atom. The van der Waals surface area contributed by atoms with Gasteiger partial charge in [-0.15, -0.1) is 0 Å². The number of hydrogen-bond donors (Lipinski definition) is 3. The molecule has 1 aliphatic rings. The molecule has 208 valence electrons. The summed E-state index contributed by atoms with van der Waals surface area (Å²) in [5.41, 5.74) is -0.00124. The van der Waals surface area contributed by atoms with Crippen molar-refractivity contribution in [3.05, 3.63) is 120 Å². The molecule has 0 radical (unpaired) electrons. The van der Waals surface area contributed by atoms with Crippen LogP contribution in [0.5, 0.6) is 5.88 Å². The van der Waals surface area contributed by atoms with E-state index in [2.05, 4.69) is 30.1 Å². The molecule has 0 amide bonds. The van der Waals surface area contributed by atoms with Crippen molar-refractivity contribution in [2.75, 3.05) is 0 Å². The Morgan fingerprint density at radius 3 is 2.63 bits per heavy atom. The molecule has 0 fully saturated rings. The highest BCUT2D eigenvalue weighted by Crippen LogP contribution is 2.38. The molecule has 0 bridgehead atoms. The molecule has 1 unspecified atom stereocenters. The highest BCUT2D eigenvalue weighted by molar-refractivity contribution is 7.10. The molecule has 0 aliphatic carbocycles. The Bertz CT molecular complexity index is 1950. The largest absolute Gasteiger partial charge is 0.493 e. The molecule has 1 aliphatic heterocycles. The van der Waals surface area contributed by atoms with Crippen LogP contribution in [0, 0.1) is 0 Å². The Labute approximate surface area is 238 Å². The van der Waals surface area contributed by atoms with Gasteiger partial charge in [0, 0.05) is 48.2 Å². The van der Waals surface area contributed by atoms with Crippen molar-refractivity contribution in [2.24, 2.45) is 10.2 Å². The average molecular weight is 598 g/mol. The maximum Gasteiger partial charge on any atom is 0.416 e. The van der Waals surface area contributed by atoms with E-state index in [0.717, 1.165) is 17.4 Å². The molecule has 3 N–H and O–H groups in total. The number of alkyl halides is 3. The Kier molecular flexibility index (Phi) is 6.83. The van der Waals surface area contributed by atoms with Crippen molar-refractivity contribution in [1.82, 2.24) is 24.5 Å². The van der Waals surface area contributed by atoms with Gasteiger partial charge in [0.2, 0.25) is 5.88 Å². The average Bonchev–Trinajstić information content (AvgIpc) is 3.75. The first-order valence-corrected chi connectivity index (χ1v) is 13.4. The van der Waals surface area contributed by atoms with Crippen molar-refractivity contribution in [3.8, 4) is 5.88 Å². The van der Waals surface area contributed by atoms with Gasteiger partial charge in [-0.05, 0) is 40.6 Å². The fraction of sp³-hybridized carbons (Fsp3) is 0.148. The van der Waals surface area contributed by atoms with E-state index in [-0.39, 0.29) is 28.3 Å². The van der Waals surface area contributed by atoms with Crippen LogP contribution in [0.25, 0.3) is 5.57 Å². The summed E-state index contributed by atoms with van der Waals surface area (Å²) in [7, 11) is 0. The van der Waals surface area contributed by atoms with Crippen LogP contribution < -0.4 is 15.4 Å². The second-order valence-corrected chi connectivity index (χ2v) is 10.6. The summed E-state index contributed by atoms with van der Waals surface area (Å²) in [5, 5.41) is 20.5. The quantitative estimate of drug-likeness (QED) is 0.263. The molecule has 4 heterocycles. The van der Waals surface area contributed by atoms with E-state index >= 15 is 0 Å². The molecule has 0 spiro atoms. The molecule has 5 aromatic rings. The number of nitrogens with zero attached hydrogens (tertiary/aromatic N) is 5. The van der Waals surface area contributed by atoms with Gasteiger partial charge in [-0.25, -0.2) is 9.97 Å². The SMILES string of the molecule is O=c1sc(C(Cc2ccc(Cl)cc2C(F)(F)F)=c2ccc3c(c2)C=NN=3)c(O)n1C(Cc1ncc[nH]1)c1ncc[nH]1. The van der Waals surface area contributed by atoms with Gasteiger partial charge in [0.05, 0.1) is 22.0 Å². The molecule has 6 rings (SSSR count). The van der Waals surface area contributed by atoms with Gasteiger partial charge in [-0.1, -0.05) is 35.1 Å². The zero-order valence-electron chi connectivity index (χ0n) is 20.9. The maximum atomic E-state index is 14.0. The van der Waals surface area contributed by atoms with Gasteiger partial charge in [0.25, 0.3) is 0 Å². The molecule has 3 aromatic heterocycles. The lowest BCUT2D eigenvalue weighted by molar-refractivity contribution is -0.138. The summed E-state index contributed by atoms with van der Waals surface area (Å²) in [5.74, 6) is 0.550. The van der Waals surface area contributed by atoms with Crippen LogP contribution in [0.1, 0.15) is 39.3 Å². The summed E-state index contributed by atoms with van der Waals surface area (Å²) in [6.07, 6.45) is 3.10. The zero-order valence-corrected chi connectivity index (χ0v) is 22.4. The van der Waals surface area contributed by atoms with E-state index in [1.54, 1.807) is 36.8 Å².